The molecule has 1 atom stereocenters. The number of anilines is 1. The molecule has 12 heteroatoms. The molecular weight excluding hydrogens is 537 g/mol. The minimum absolute atomic E-state index is 0.0172. The van der Waals surface area contributed by atoms with Gasteiger partial charge >= 0.3 is 12.1 Å². The summed E-state index contributed by atoms with van der Waals surface area (Å²) < 4.78 is 26.5. The summed E-state index contributed by atoms with van der Waals surface area (Å²) >= 11 is 1.40. The molecule has 0 spiro atoms. The van der Waals surface area contributed by atoms with E-state index in [1.807, 2.05) is 18.2 Å². The molecule has 3 heterocycles. The first-order valence-corrected chi connectivity index (χ1v) is 13.5. The third kappa shape index (κ3) is 6.29. The monoisotopic (exact) mass is 565 g/mol. The highest BCUT2D eigenvalue weighted by atomic mass is 32.1. The van der Waals surface area contributed by atoms with Crippen molar-refractivity contribution < 1.29 is 28.6 Å². The Kier molecular flexibility index (Phi) is 8.08. The second kappa shape index (κ2) is 11.8. The first-order valence-electron chi connectivity index (χ1n) is 12.7. The highest BCUT2D eigenvalue weighted by molar-refractivity contribution is 7.22. The van der Waals surface area contributed by atoms with Crippen LogP contribution in [0.15, 0.2) is 54.9 Å². The van der Waals surface area contributed by atoms with Gasteiger partial charge in [-0.3, -0.25) is 14.9 Å². The molecule has 4 aromatic rings. The lowest BCUT2D eigenvalue weighted by atomic mass is 10.1. The van der Waals surface area contributed by atoms with Gasteiger partial charge in [-0.15, -0.1) is 11.3 Å². The van der Waals surface area contributed by atoms with E-state index >= 15 is 0 Å². The largest absolute Gasteiger partial charge is 0.465 e. The van der Waals surface area contributed by atoms with Gasteiger partial charge in [0.15, 0.2) is 11.6 Å². The highest BCUT2D eigenvalue weighted by Crippen LogP contribution is 2.39. The zero-order valence-corrected chi connectivity index (χ0v) is 22.7. The van der Waals surface area contributed by atoms with Gasteiger partial charge in [0.2, 0.25) is 0 Å². The molecule has 10 nitrogen and oxygen atoms in total. The minimum atomic E-state index is -1.03. The van der Waals surface area contributed by atoms with Crippen molar-refractivity contribution in [2.24, 2.45) is 0 Å². The maximum Gasteiger partial charge on any atom is 0.407 e. The predicted molar refractivity (Wildman–Crippen MR) is 150 cm³/mol. The van der Waals surface area contributed by atoms with Crippen LogP contribution in [0, 0.1) is 5.82 Å². The Morgan fingerprint density at radius 3 is 2.67 bits per heavy atom. The molecule has 0 radical (unpaired) electrons. The Bertz CT molecular complexity index is 1530. The first kappa shape index (κ1) is 27.3. The number of methoxy groups -OCH3 is 1. The number of fused-ring (bicyclic) bond motifs is 1. The fourth-order valence-electron chi connectivity index (χ4n) is 4.10. The van der Waals surface area contributed by atoms with Crippen molar-refractivity contribution in [3.05, 3.63) is 66.2 Å². The van der Waals surface area contributed by atoms with Crippen LogP contribution in [0.4, 0.5) is 19.7 Å². The van der Waals surface area contributed by atoms with E-state index in [4.69, 9.17) is 9.47 Å². The summed E-state index contributed by atoms with van der Waals surface area (Å²) in [5.74, 6) is -0.158. The van der Waals surface area contributed by atoms with Crippen LogP contribution < -0.4 is 15.4 Å². The van der Waals surface area contributed by atoms with Crippen LogP contribution in [-0.2, 0) is 4.74 Å². The summed E-state index contributed by atoms with van der Waals surface area (Å²) in [4.78, 5) is 34.7. The van der Waals surface area contributed by atoms with E-state index in [-0.39, 0.29) is 24.4 Å². The summed E-state index contributed by atoms with van der Waals surface area (Å²) in [5, 5.41) is 15.0. The minimum Gasteiger partial charge on any atom is -0.465 e. The van der Waals surface area contributed by atoms with Crippen LogP contribution in [0.5, 0.6) is 11.5 Å². The molecule has 1 aromatic carbocycles. The smallest absolute Gasteiger partial charge is 0.407 e. The average molecular weight is 566 g/mol. The molecule has 0 saturated heterocycles. The fourth-order valence-corrected chi connectivity index (χ4v) is 5.15. The number of aromatic nitrogens is 2. The van der Waals surface area contributed by atoms with Gasteiger partial charge in [0, 0.05) is 49.9 Å². The number of hydrogen-bond donors (Lipinski definition) is 3. The van der Waals surface area contributed by atoms with Crippen LogP contribution >= 0.6 is 11.3 Å². The van der Waals surface area contributed by atoms with E-state index < -0.39 is 18.0 Å². The van der Waals surface area contributed by atoms with E-state index in [9.17, 15) is 19.1 Å². The molecule has 1 fully saturated rings. The summed E-state index contributed by atoms with van der Waals surface area (Å²) in [5.41, 5.74) is 2.44. The maximum atomic E-state index is 14.8. The zero-order chi connectivity index (χ0) is 28.2. The second-order valence-corrected chi connectivity index (χ2v) is 10.4. The normalized spacial score (nSPS) is 13.6. The molecular formula is C28H28FN5O5S. The van der Waals surface area contributed by atoms with Crippen molar-refractivity contribution in [3.8, 4) is 22.1 Å². The summed E-state index contributed by atoms with van der Waals surface area (Å²) in [6.45, 7) is 2.34. The van der Waals surface area contributed by atoms with Crippen molar-refractivity contribution in [1.29, 1.82) is 0 Å². The zero-order valence-electron chi connectivity index (χ0n) is 21.9. The van der Waals surface area contributed by atoms with E-state index in [1.165, 1.54) is 35.5 Å². The number of halogens is 1. The molecule has 3 amide bonds. The van der Waals surface area contributed by atoms with Gasteiger partial charge in [-0.05, 0) is 49.6 Å². The number of nitrogens with zero attached hydrogens (tertiary/aromatic N) is 3. The number of carbonyl (C=O) groups is 2. The number of urea groups is 1. The van der Waals surface area contributed by atoms with Crippen LogP contribution in [0.25, 0.3) is 20.8 Å². The Balaban J connectivity index is 1.32. The Hall–Kier alpha value is -4.29. The Morgan fingerprint density at radius 2 is 2.00 bits per heavy atom. The second-order valence-electron chi connectivity index (χ2n) is 9.38. The van der Waals surface area contributed by atoms with E-state index in [1.54, 1.807) is 31.5 Å². The molecule has 1 unspecified atom stereocenters. The molecule has 3 N–H and O–H groups in total. The lowest BCUT2D eigenvalue weighted by molar-refractivity contribution is 0.101. The summed E-state index contributed by atoms with van der Waals surface area (Å²) in [6, 6.07) is 10.9. The molecule has 1 saturated carbocycles. The third-order valence-corrected chi connectivity index (χ3v) is 7.63. The van der Waals surface area contributed by atoms with Gasteiger partial charge in [0.1, 0.15) is 5.75 Å². The van der Waals surface area contributed by atoms with Crippen LogP contribution in [0.3, 0.4) is 0 Å². The Morgan fingerprint density at radius 1 is 1.18 bits per heavy atom. The number of rotatable bonds is 10. The molecule has 0 bridgehead atoms. The molecule has 0 aliphatic heterocycles. The molecule has 5 rings (SSSR count). The lowest BCUT2D eigenvalue weighted by Gasteiger charge is -2.26. The topological polar surface area (TPSA) is 126 Å². The molecule has 3 aromatic heterocycles. The number of amides is 3. The average Bonchev–Trinajstić information content (AvgIpc) is 3.63. The van der Waals surface area contributed by atoms with Gasteiger partial charge in [0.25, 0.3) is 0 Å². The molecule has 40 heavy (non-hydrogen) atoms. The van der Waals surface area contributed by atoms with Crippen molar-refractivity contribution in [1.82, 2.24) is 20.2 Å². The molecule has 208 valence electrons. The molecule has 1 aliphatic carbocycles. The number of nitrogens with one attached hydrogen (secondary N) is 2. The number of thiophene rings is 1. The SMILES string of the molecule is COCCN(C(=O)O)C(C)c1ccc(-c2cc3nccc(Oc4ccc(NC(=O)NC5CC5)cc4F)c3s2)nc1. The Labute approximate surface area is 233 Å². The van der Waals surface area contributed by atoms with Gasteiger partial charge < -0.3 is 25.2 Å². The van der Waals surface area contributed by atoms with Gasteiger partial charge in [-0.2, -0.15) is 0 Å². The van der Waals surface area contributed by atoms with Gasteiger partial charge in [-0.25, -0.2) is 14.0 Å². The summed E-state index contributed by atoms with van der Waals surface area (Å²) in [6.07, 6.45) is 4.14. The third-order valence-electron chi connectivity index (χ3n) is 6.47. The van der Waals surface area contributed by atoms with Crippen molar-refractivity contribution in [3.63, 3.8) is 0 Å². The van der Waals surface area contributed by atoms with Crippen molar-refractivity contribution in [2.45, 2.75) is 31.8 Å². The van der Waals surface area contributed by atoms with Crippen molar-refractivity contribution >= 4 is 39.4 Å². The first-order chi connectivity index (χ1) is 19.3. The van der Waals surface area contributed by atoms with Crippen LogP contribution in [0.1, 0.15) is 31.4 Å². The van der Waals surface area contributed by atoms with Crippen molar-refractivity contribution in [2.75, 3.05) is 25.6 Å². The summed E-state index contributed by atoms with van der Waals surface area (Å²) in [7, 11) is 1.53. The van der Waals surface area contributed by atoms with E-state index in [2.05, 4.69) is 20.6 Å². The van der Waals surface area contributed by atoms with E-state index in [0.29, 0.717) is 29.3 Å². The number of pyridine rings is 2. The highest BCUT2D eigenvalue weighted by Gasteiger charge is 2.24. The predicted octanol–water partition coefficient (Wildman–Crippen LogP) is 6.26. The van der Waals surface area contributed by atoms with Gasteiger partial charge in [-0.1, -0.05) is 6.07 Å². The molecule has 1 aliphatic rings. The maximum absolute atomic E-state index is 14.8. The van der Waals surface area contributed by atoms with Crippen LogP contribution in [-0.4, -0.2) is 58.4 Å². The van der Waals surface area contributed by atoms with E-state index in [0.717, 1.165) is 28.0 Å². The number of benzene rings is 1. The quantitative estimate of drug-likeness (QED) is 0.207. The number of carbonyl (C=O) groups excluding carboxylic acids is 1. The van der Waals surface area contributed by atoms with Gasteiger partial charge in [0.05, 0.1) is 33.4 Å². The number of hydrogen-bond acceptors (Lipinski definition) is 7. The van der Waals surface area contributed by atoms with Crippen LogP contribution in [0.2, 0.25) is 0 Å². The number of ether oxygens (including phenoxy) is 2. The lowest BCUT2D eigenvalue weighted by Crippen LogP contribution is -2.35. The standard InChI is InChI=1S/C28H28FN5O5S/c1-16(34(28(36)37)11-12-38-2)17-3-7-21(31-15-17)25-14-22-26(40-25)24(9-10-30-22)39-23-8-6-19(13-20(23)29)33-27(35)32-18-4-5-18/h3,6-10,13-16,18H,4-5,11-12H2,1-2H3,(H,36,37)(H2,32,33,35). The fraction of sp³-hybridized carbons (Fsp3) is 0.286. The number of carboxylic acid groups (broad SMARTS) is 1.